The molecule has 3 nitrogen and oxygen atoms in total. The monoisotopic (exact) mass is 251 g/mol. The molecule has 0 saturated carbocycles. The van der Waals surface area contributed by atoms with Crippen LogP contribution in [0.2, 0.25) is 0 Å². The van der Waals surface area contributed by atoms with Crippen LogP contribution in [0.3, 0.4) is 0 Å². The van der Waals surface area contributed by atoms with Crippen molar-refractivity contribution in [2.24, 2.45) is 0 Å². The summed E-state index contributed by atoms with van der Waals surface area (Å²) in [4.78, 5) is 0. The number of hydrogen-bond donors (Lipinski definition) is 1. The second-order valence-corrected chi connectivity index (χ2v) is 4.84. The Morgan fingerprint density at radius 3 is 2.94 bits per heavy atom. The molecule has 1 N–H and O–H groups in total. The SMILES string of the molecule is C=CCCCOCc1cc(C)c(CNC(C)C)o1. The molecular weight excluding hydrogens is 226 g/mol. The molecule has 1 aromatic heterocycles. The lowest BCUT2D eigenvalue weighted by molar-refractivity contribution is 0.103. The molecule has 18 heavy (non-hydrogen) atoms. The summed E-state index contributed by atoms with van der Waals surface area (Å²) in [6, 6.07) is 2.53. The Hall–Kier alpha value is -1.06. The van der Waals surface area contributed by atoms with Crippen LogP contribution in [-0.2, 0) is 17.9 Å². The van der Waals surface area contributed by atoms with Crippen LogP contribution in [0.5, 0.6) is 0 Å². The van der Waals surface area contributed by atoms with Crippen molar-refractivity contribution in [3.05, 3.63) is 35.8 Å². The Kier molecular flexibility index (Phi) is 6.76. The van der Waals surface area contributed by atoms with Gasteiger partial charge in [-0.15, -0.1) is 6.58 Å². The van der Waals surface area contributed by atoms with Gasteiger partial charge in [0.15, 0.2) is 0 Å². The largest absolute Gasteiger partial charge is 0.462 e. The van der Waals surface area contributed by atoms with Crippen LogP contribution in [0.15, 0.2) is 23.1 Å². The third-order valence-corrected chi connectivity index (χ3v) is 2.68. The van der Waals surface area contributed by atoms with Gasteiger partial charge in [-0.3, -0.25) is 0 Å². The van der Waals surface area contributed by atoms with E-state index in [9.17, 15) is 0 Å². The van der Waals surface area contributed by atoms with Crippen LogP contribution in [0.25, 0.3) is 0 Å². The van der Waals surface area contributed by atoms with Crippen molar-refractivity contribution >= 4 is 0 Å². The molecule has 1 rings (SSSR count). The van der Waals surface area contributed by atoms with Crippen molar-refractivity contribution in [1.82, 2.24) is 5.32 Å². The van der Waals surface area contributed by atoms with Crippen molar-refractivity contribution in [3.63, 3.8) is 0 Å². The van der Waals surface area contributed by atoms with Gasteiger partial charge in [-0.05, 0) is 31.4 Å². The maximum atomic E-state index is 5.76. The van der Waals surface area contributed by atoms with E-state index in [1.54, 1.807) is 0 Å². The Morgan fingerprint density at radius 2 is 2.28 bits per heavy atom. The lowest BCUT2D eigenvalue weighted by atomic mass is 10.2. The fraction of sp³-hybridized carbons (Fsp3) is 0.600. The summed E-state index contributed by atoms with van der Waals surface area (Å²) in [7, 11) is 0. The molecule has 0 bridgehead atoms. The molecule has 0 aromatic carbocycles. The third-order valence-electron chi connectivity index (χ3n) is 2.68. The minimum absolute atomic E-state index is 0.466. The number of aryl methyl sites for hydroxylation is 1. The van der Waals surface area contributed by atoms with Gasteiger partial charge in [0.25, 0.3) is 0 Å². The quantitative estimate of drug-likeness (QED) is 0.538. The molecule has 0 saturated heterocycles. The van der Waals surface area contributed by atoms with Gasteiger partial charge in [0, 0.05) is 12.6 Å². The molecule has 0 radical (unpaired) electrons. The van der Waals surface area contributed by atoms with Gasteiger partial charge >= 0.3 is 0 Å². The average molecular weight is 251 g/mol. The number of hydrogen-bond acceptors (Lipinski definition) is 3. The summed E-state index contributed by atoms with van der Waals surface area (Å²) in [6.07, 6.45) is 3.93. The maximum Gasteiger partial charge on any atom is 0.130 e. The van der Waals surface area contributed by atoms with Crippen molar-refractivity contribution in [3.8, 4) is 0 Å². The van der Waals surface area contributed by atoms with E-state index in [0.717, 1.165) is 37.5 Å². The van der Waals surface area contributed by atoms with E-state index in [1.165, 1.54) is 5.56 Å². The highest BCUT2D eigenvalue weighted by molar-refractivity contribution is 5.19. The van der Waals surface area contributed by atoms with E-state index in [2.05, 4.69) is 38.7 Å². The van der Waals surface area contributed by atoms with E-state index >= 15 is 0 Å². The van der Waals surface area contributed by atoms with Gasteiger partial charge in [-0.2, -0.15) is 0 Å². The predicted molar refractivity (Wildman–Crippen MR) is 74.5 cm³/mol. The second kappa shape index (κ2) is 8.11. The van der Waals surface area contributed by atoms with Crippen LogP contribution < -0.4 is 5.32 Å². The van der Waals surface area contributed by atoms with Crippen LogP contribution in [0.4, 0.5) is 0 Å². The zero-order chi connectivity index (χ0) is 13.4. The molecule has 102 valence electrons. The predicted octanol–water partition coefficient (Wildman–Crippen LogP) is 3.57. The normalized spacial score (nSPS) is 11.1. The van der Waals surface area contributed by atoms with E-state index in [0.29, 0.717) is 12.6 Å². The molecule has 1 aromatic rings. The molecule has 0 spiro atoms. The minimum Gasteiger partial charge on any atom is -0.462 e. The number of nitrogens with one attached hydrogen (secondary N) is 1. The third kappa shape index (κ3) is 5.52. The van der Waals surface area contributed by atoms with Gasteiger partial charge in [0.05, 0.1) is 6.54 Å². The molecule has 0 aliphatic carbocycles. The smallest absolute Gasteiger partial charge is 0.130 e. The number of ether oxygens (including phenoxy) is 1. The minimum atomic E-state index is 0.466. The summed E-state index contributed by atoms with van der Waals surface area (Å²) in [5, 5.41) is 3.35. The van der Waals surface area contributed by atoms with Gasteiger partial charge in [0.1, 0.15) is 18.1 Å². The molecule has 3 heteroatoms. The van der Waals surface area contributed by atoms with Crippen LogP contribution in [0.1, 0.15) is 43.8 Å². The van der Waals surface area contributed by atoms with E-state index in [1.807, 2.05) is 6.08 Å². The first-order chi connectivity index (χ1) is 8.63. The van der Waals surface area contributed by atoms with E-state index in [-0.39, 0.29) is 0 Å². The maximum absolute atomic E-state index is 5.76. The van der Waals surface area contributed by atoms with Gasteiger partial charge in [-0.1, -0.05) is 19.9 Å². The average Bonchev–Trinajstić information content (AvgIpc) is 2.67. The Labute approximate surface area is 110 Å². The summed E-state index contributed by atoms with van der Waals surface area (Å²) in [5.41, 5.74) is 1.19. The second-order valence-electron chi connectivity index (χ2n) is 4.84. The van der Waals surface area contributed by atoms with Gasteiger partial charge in [-0.25, -0.2) is 0 Å². The zero-order valence-corrected chi connectivity index (χ0v) is 11.8. The number of unbranched alkanes of at least 4 members (excludes halogenated alkanes) is 1. The first-order valence-electron chi connectivity index (χ1n) is 6.63. The van der Waals surface area contributed by atoms with Crippen LogP contribution in [-0.4, -0.2) is 12.6 Å². The fourth-order valence-electron chi connectivity index (χ4n) is 1.64. The first-order valence-corrected chi connectivity index (χ1v) is 6.63. The molecule has 0 aliphatic rings. The van der Waals surface area contributed by atoms with E-state index in [4.69, 9.17) is 9.15 Å². The molecule has 0 aliphatic heterocycles. The van der Waals surface area contributed by atoms with Crippen molar-refractivity contribution < 1.29 is 9.15 Å². The highest BCUT2D eigenvalue weighted by Gasteiger charge is 2.07. The first kappa shape index (κ1) is 15.0. The molecule has 0 atom stereocenters. The van der Waals surface area contributed by atoms with Crippen LogP contribution in [0, 0.1) is 6.92 Å². The highest BCUT2D eigenvalue weighted by atomic mass is 16.5. The molecular formula is C15H25NO2. The van der Waals surface area contributed by atoms with Gasteiger partial charge in [0.2, 0.25) is 0 Å². The topological polar surface area (TPSA) is 34.4 Å². The molecule has 0 fully saturated rings. The van der Waals surface area contributed by atoms with Crippen LogP contribution >= 0.6 is 0 Å². The molecule has 1 heterocycles. The summed E-state index contributed by atoms with van der Waals surface area (Å²) < 4.78 is 11.3. The van der Waals surface area contributed by atoms with Crippen molar-refractivity contribution in [2.75, 3.05) is 6.61 Å². The zero-order valence-electron chi connectivity index (χ0n) is 11.8. The Bertz CT molecular complexity index is 355. The summed E-state index contributed by atoms with van der Waals surface area (Å²) in [6.45, 7) is 12.1. The number of allylic oxidation sites excluding steroid dienone is 1. The number of rotatable bonds is 9. The number of furan rings is 1. The van der Waals surface area contributed by atoms with Crippen molar-refractivity contribution in [2.45, 2.75) is 52.8 Å². The standard InChI is InChI=1S/C15H25NO2/c1-5-6-7-8-17-11-14-9-13(4)15(18-14)10-16-12(2)3/h5,9,12,16H,1,6-8,10-11H2,2-4H3. The fourth-order valence-corrected chi connectivity index (χ4v) is 1.64. The summed E-state index contributed by atoms with van der Waals surface area (Å²) in [5.74, 6) is 1.92. The molecule has 0 amide bonds. The lowest BCUT2D eigenvalue weighted by Crippen LogP contribution is -2.21. The Balaban J connectivity index is 2.33. The molecule has 0 unspecified atom stereocenters. The van der Waals surface area contributed by atoms with E-state index < -0.39 is 0 Å². The van der Waals surface area contributed by atoms with Gasteiger partial charge < -0.3 is 14.5 Å². The summed E-state index contributed by atoms with van der Waals surface area (Å²) >= 11 is 0. The van der Waals surface area contributed by atoms with Crippen molar-refractivity contribution in [1.29, 1.82) is 0 Å². The lowest BCUT2D eigenvalue weighted by Gasteiger charge is -2.06. The highest BCUT2D eigenvalue weighted by Crippen LogP contribution is 2.15. The Morgan fingerprint density at radius 1 is 1.50 bits per heavy atom.